The van der Waals surface area contributed by atoms with Crippen molar-refractivity contribution in [3.8, 4) is 5.75 Å². The second-order valence-electron chi connectivity index (χ2n) is 3.45. The Morgan fingerprint density at radius 3 is 2.71 bits per heavy atom. The zero-order valence-corrected chi connectivity index (χ0v) is 9.34. The molecule has 1 rings (SSSR count). The van der Waals surface area contributed by atoms with Crippen molar-refractivity contribution < 1.29 is 18.8 Å². The summed E-state index contributed by atoms with van der Waals surface area (Å²) in [7, 11) is 3.04. The first kappa shape index (κ1) is 12.9. The average Bonchev–Trinajstić information content (AvgIpc) is 2.25. The van der Waals surface area contributed by atoms with Crippen LogP contribution in [0, 0.1) is 15.9 Å². The topological polar surface area (TPSA) is 72.7 Å². The number of nitrogens with zero attached hydrogens (tertiary/aromatic N) is 2. The predicted molar refractivity (Wildman–Crippen MR) is 57.2 cm³/mol. The average molecular weight is 242 g/mol. The van der Waals surface area contributed by atoms with Gasteiger partial charge in [-0.15, -0.1) is 0 Å². The summed E-state index contributed by atoms with van der Waals surface area (Å²) in [6.45, 7) is -0.378. The molecule has 1 aromatic carbocycles. The molecule has 0 bridgehead atoms. The van der Waals surface area contributed by atoms with Gasteiger partial charge in [-0.3, -0.25) is 14.9 Å². The highest BCUT2D eigenvalue weighted by Gasteiger charge is 2.17. The molecule has 0 fully saturated rings. The maximum absolute atomic E-state index is 12.9. The molecule has 0 saturated carbocycles. The van der Waals surface area contributed by atoms with Gasteiger partial charge >= 0.3 is 5.69 Å². The highest BCUT2D eigenvalue weighted by molar-refractivity contribution is 5.77. The third-order valence-electron chi connectivity index (χ3n) is 1.97. The Labute approximate surface area is 96.7 Å². The number of benzene rings is 1. The molecule has 0 aliphatic carbocycles. The van der Waals surface area contributed by atoms with Crippen LogP contribution in [0.3, 0.4) is 0 Å². The lowest BCUT2D eigenvalue weighted by molar-refractivity contribution is -0.385. The molecule has 17 heavy (non-hydrogen) atoms. The Morgan fingerprint density at radius 2 is 2.18 bits per heavy atom. The number of halogens is 1. The van der Waals surface area contributed by atoms with Crippen molar-refractivity contribution in [2.75, 3.05) is 20.7 Å². The molecule has 0 saturated heterocycles. The minimum atomic E-state index is -0.699. The Morgan fingerprint density at radius 1 is 1.53 bits per heavy atom. The third kappa shape index (κ3) is 3.40. The zero-order valence-electron chi connectivity index (χ0n) is 9.34. The summed E-state index contributed by atoms with van der Waals surface area (Å²) in [5.41, 5.74) is -0.377. The molecule has 0 unspecified atom stereocenters. The predicted octanol–water partition coefficient (Wildman–Crippen LogP) is 1.20. The Kier molecular flexibility index (Phi) is 3.97. The summed E-state index contributed by atoms with van der Waals surface area (Å²) >= 11 is 0. The van der Waals surface area contributed by atoms with Gasteiger partial charge in [0.15, 0.2) is 6.61 Å². The summed E-state index contributed by atoms with van der Waals surface area (Å²) in [6.07, 6.45) is 0. The second kappa shape index (κ2) is 5.24. The van der Waals surface area contributed by atoms with Gasteiger partial charge in [0.05, 0.1) is 4.92 Å². The van der Waals surface area contributed by atoms with Crippen LogP contribution in [0.2, 0.25) is 0 Å². The first-order chi connectivity index (χ1) is 7.91. The highest BCUT2D eigenvalue weighted by Crippen LogP contribution is 2.27. The fourth-order valence-electron chi connectivity index (χ4n) is 1.02. The van der Waals surface area contributed by atoms with Gasteiger partial charge in [0.25, 0.3) is 5.91 Å². The fourth-order valence-corrected chi connectivity index (χ4v) is 1.02. The van der Waals surface area contributed by atoms with E-state index in [-0.39, 0.29) is 24.0 Å². The number of carbonyl (C=O) groups is 1. The number of rotatable bonds is 4. The maximum Gasteiger partial charge on any atom is 0.311 e. The minimum Gasteiger partial charge on any atom is -0.477 e. The Hall–Kier alpha value is -2.18. The largest absolute Gasteiger partial charge is 0.477 e. The zero-order chi connectivity index (χ0) is 13.0. The standard InChI is InChI=1S/C10H11FN2O4/c1-12(2)10(14)6-17-9-5-7(11)3-4-8(9)13(15)16/h3-5H,6H2,1-2H3. The van der Waals surface area contributed by atoms with E-state index in [9.17, 15) is 19.3 Å². The first-order valence-corrected chi connectivity index (χ1v) is 4.68. The minimum absolute atomic E-state index is 0.259. The Bertz CT molecular complexity index is 448. The van der Waals surface area contributed by atoms with Gasteiger partial charge < -0.3 is 9.64 Å². The first-order valence-electron chi connectivity index (χ1n) is 4.68. The van der Waals surface area contributed by atoms with Crippen molar-refractivity contribution in [2.24, 2.45) is 0 Å². The fraction of sp³-hybridized carbons (Fsp3) is 0.300. The van der Waals surface area contributed by atoms with Gasteiger partial charge in [0.2, 0.25) is 5.75 Å². The number of hydrogen-bond acceptors (Lipinski definition) is 4. The van der Waals surface area contributed by atoms with Gasteiger partial charge in [0.1, 0.15) is 5.82 Å². The van der Waals surface area contributed by atoms with Crippen molar-refractivity contribution in [3.63, 3.8) is 0 Å². The van der Waals surface area contributed by atoms with E-state index in [1.807, 2.05) is 0 Å². The van der Waals surface area contributed by atoms with Crippen molar-refractivity contribution in [1.82, 2.24) is 4.90 Å². The van der Waals surface area contributed by atoms with Crippen LogP contribution in [-0.4, -0.2) is 36.4 Å². The van der Waals surface area contributed by atoms with E-state index < -0.39 is 10.7 Å². The van der Waals surface area contributed by atoms with Gasteiger partial charge in [-0.2, -0.15) is 0 Å². The molecule has 0 spiro atoms. The molecule has 0 N–H and O–H groups in total. The second-order valence-corrected chi connectivity index (χ2v) is 3.45. The summed E-state index contributed by atoms with van der Waals surface area (Å²) in [4.78, 5) is 22.4. The molecular formula is C10H11FN2O4. The monoisotopic (exact) mass is 242 g/mol. The molecule has 1 amide bonds. The van der Waals surface area contributed by atoms with Crippen molar-refractivity contribution >= 4 is 11.6 Å². The normalized spacial score (nSPS) is 9.82. The molecule has 0 aromatic heterocycles. The number of nitro benzene ring substituents is 1. The number of nitro groups is 1. The van der Waals surface area contributed by atoms with Crippen LogP contribution >= 0.6 is 0 Å². The molecule has 0 atom stereocenters. The van der Waals surface area contributed by atoms with E-state index in [1.54, 1.807) is 0 Å². The molecule has 7 heteroatoms. The highest BCUT2D eigenvalue weighted by atomic mass is 19.1. The lowest BCUT2D eigenvalue weighted by atomic mass is 10.3. The summed E-state index contributed by atoms with van der Waals surface area (Å²) in [6, 6.07) is 2.82. The number of hydrogen-bond donors (Lipinski definition) is 0. The van der Waals surface area contributed by atoms with Crippen molar-refractivity contribution in [3.05, 3.63) is 34.1 Å². The third-order valence-corrected chi connectivity index (χ3v) is 1.97. The number of amides is 1. The SMILES string of the molecule is CN(C)C(=O)COc1cc(F)ccc1[N+](=O)[O-]. The summed E-state index contributed by atoms with van der Waals surface area (Å²) < 4.78 is 17.8. The van der Waals surface area contributed by atoms with Gasteiger partial charge in [-0.1, -0.05) is 0 Å². The molecule has 0 radical (unpaired) electrons. The number of likely N-dealkylation sites (N-methyl/N-ethyl adjacent to an activating group) is 1. The van der Waals surface area contributed by atoms with Crippen LogP contribution in [0.5, 0.6) is 5.75 Å². The van der Waals surface area contributed by atoms with Crippen molar-refractivity contribution in [1.29, 1.82) is 0 Å². The van der Waals surface area contributed by atoms with Crippen molar-refractivity contribution in [2.45, 2.75) is 0 Å². The van der Waals surface area contributed by atoms with E-state index in [1.165, 1.54) is 19.0 Å². The van der Waals surface area contributed by atoms with Crippen LogP contribution in [0.25, 0.3) is 0 Å². The smallest absolute Gasteiger partial charge is 0.311 e. The van der Waals surface area contributed by atoms with E-state index in [0.29, 0.717) is 0 Å². The maximum atomic E-state index is 12.9. The van der Waals surface area contributed by atoms with E-state index >= 15 is 0 Å². The Balaban J connectivity index is 2.86. The van der Waals surface area contributed by atoms with Crippen LogP contribution < -0.4 is 4.74 Å². The van der Waals surface area contributed by atoms with Crippen LogP contribution in [0.15, 0.2) is 18.2 Å². The van der Waals surface area contributed by atoms with Crippen LogP contribution in [-0.2, 0) is 4.79 Å². The number of ether oxygens (including phenoxy) is 1. The lowest BCUT2D eigenvalue weighted by Gasteiger charge is -2.11. The van der Waals surface area contributed by atoms with Gasteiger partial charge in [0, 0.05) is 26.2 Å². The van der Waals surface area contributed by atoms with Crippen LogP contribution in [0.1, 0.15) is 0 Å². The van der Waals surface area contributed by atoms with Gasteiger partial charge in [-0.05, 0) is 6.07 Å². The molecule has 6 nitrogen and oxygen atoms in total. The summed E-state index contributed by atoms with van der Waals surface area (Å²) in [5, 5.41) is 10.6. The number of carbonyl (C=O) groups excluding carboxylic acids is 1. The molecule has 0 aliphatic heterocycles. The van der Waals surface area contributed by atoms with Crippen LogP contribution in [0.4, 0.5) is 10.1 Å². The molecule has 0 heterocycles. The quantitative estimate of drug-likeness (QED) is 0.587. The van der Waals surface area contributed by atoms with E-state index in [2.05, 4.69) is 0 Å². The van der Waals surface area contributed by atoms with E-state index in [0.717, 1.165) is 18.2 Å². The van der Waals surface area contributed by atoms with Gasteiger partial charge in [-0.25, -0.2) is 4.39 Å². The molecular weight excluding hydrogens is 231 g/mol. The van der Waals surface area contributed by atoms with E-state index in [4.69, 9.17) is 4.74 Å². The summed E-state index contributed by atoms with van der Waals surface area (Å²) in [5.74, 6) is -1.29. The molecule has 92 valence electrons. The molecule has 1 aromatic rings. The lowest BCUT2D eigenvalue weighted by Crippen LogP contribution is -2.27. The molecule has 0 aliphatic rings.